The minimum absolute atomic E-state index is 0.0788. The fraction of sp³-hybridized carbons (Fsp3) is 0.167. The third kappa shape index (κ3) is 4.71. The Kier molecular flexibility index (Phi) is 6.38. The van der Waals surface area contributed by atoms with Gasteiger partial charge in [0, 0.05) is 12.3 Å². The average molecular weight is 461 g/mol. The molecule has 1 aromatic heterocycles. The lowest BCUT2D eigenvalue weighted by Crippen LogP contribution is -2.40. The van der Waals surface area contributed by atoms with Gasteiger partial charge < -0.3 is 15.2 Å². The van der Waals surface area contributed by atoms with Crippen molar-refractivity contribution in [3.05, 3.63) is 70.7 Å². The van der Waals surface area contributed by atoms with E-state index in [2.05, 4.69) is 33.7 Å². The summed E-state index contributed by atoms with van der Waals surface area (Å²) in [5.41, 5.74) is 4.45. The predicted molar refractivity (Wildman–Crippen MR) is 123 cm³/mol. The minimum atomic E-state index is -1.23. The summed E-state index contributed by atoms with van der Waals surface area (Å²) in [6, 6.07) is 14.8. The monoisotopic (exact) mass is 461 g/mol. The fourth-order valence-corrected chi connectivity index (χ4v) is 4.41. The number of ether oxygens (including phenoxy) is 1. The SMILES string of the molecule is C#CCC(NC(=O)c1cnc(NC(=O)OCC2c3ccccc3-c3ccccc32)s1)C(=O)O. The summed E-state index contributed by atoms with van der Waals surface area (Å²) >= 11 is 0.897. The molecule has 1 atom stereocenters. The predicted octanol–water partition coefficient (Wildman–Crippen LogP) is 3.71. The second-order valence-electron chi connectivity index (χ2n) is 7.25. The van der Waals surface area contributed by atoms with Crippen LogP contribution >= 0.6 is 11.3 Å². The lowest BCUT2D eigenvalue weighted by atomic mass is 9.98. The first-order chi connectivity index (χ1) is 16.0. The smallest absolute Gasteiger partial charge is 0.413 e. The maximum Gasteiger partial charge on any atom is 0.413 e. The van der Waals surface area contributed by atoms with Gasteiger partial charge in [-0.1, -0.05) is 59.9 Å². The molecule has 3 N–H and O–H groups in total. The topological polar surface area (TPSA) is 118 Å². The Labute approximate surface area is 193 Å². The fourth-order valence-electron chi connectivity index (χ4n) is 3.71. The summed E-state index contributed by atoms with van der Waals surface area (Å²) in [6.07, 6.45) is 5.53. The van der Waals surface area contributed by atoms with E-state index in [-0.39, 0.29) is 29.0 Å². The Balaban J connectivity index is 1.37. The zero-order chi connectivity index (χ0) is 23.4. The van der Waals surface area contributed by atoms with Gasteiger partial charge in [-0.15, -0.1) is 12.3 Å². The number of aromatic nitrogens is 1. The number of anilines is 1. The van der Waals surface area contributed by atoms with Crippen LogP contribution in [0, 0.1) is 12.3 Å². The van der Waals surface area contributed by atoms with Gasteiger partial charge in [0.25, 0.3) is 5.91 Å². The summed E-state index contributed by atoms with van der Waals surface area (Å²) in [5, 5.41) is 14.1. The third-order valence-electron chi connectivity index (χ3n) is 5.21. The van der Waals surface area contributed by atoms with Gasteiger partial charge in [0.15, 0.2) is 5.13 Å². The van der Waals surface area contributed by atoms with E-state index in [4.69, 9.17) is 16.3 Å². The number of carboxylic acids is 1. The van der Waals surface area contributed by atoms with Crippen LogP contribution in [0.3, 0.4) is 0 Å². The number of aliphatic carboxylic acids is 1. The summed E-state index contributed by atoms with van der Waals surface area (Å²) in [4.78, 5) is 39.9. The molecular weight excluding hydrogens is 442 g/mol. The number of carbonyl (C=O) groups excluding carboxylic acids is 2. The highest BCUT2D eigenvalue weighted by atomic mass is 32.1. The number of thiazole rings is 1. The molecule has 0 spiro atoms. The van der Waals surface area contributed by atoms with Crippen molar-refractivity contribution in [3.8, 4) is 23.5 Å². The Bertz CT molecular complexity index is 1220. The molecular formula is C24H19N3O5S. The number of terminal acetylenes is 1. The number of rotatable bonds is 7. The van der Waals surface area contributed by atoms with E-state index in [0.29, 0.717) is 0 Å². The number of hydrogen-bond donors (Lipinski definition) is 3. The molecule has 1 heterocycles. The third-order valence-corrected chi connectivity index (χ3v) is 6.12. The number of fused-ring (bicyclic) bond motifs is 3. The van der Waals surface area contributed by atoms with Crippen LogP contribution < -0.4 is 10.6 Å². The highest BCUT2D eigenvalue weighted by Gasteiger charge is 2.29. The lowest BCUT2D eigenvalue weighted by Gasteiger charge is -2.14. The van der Waals surface area contributed by atoms with Gasteiger partial charge in [0.2, 0.25) is 0 Å². The van der Waals surface area contributed by atoms with Gasteiger partial charge in [0.05, 0.1) is 6.20 Å². The maximum atomic E-state index is 12.4. The van der Waals surface area contributed by atoms with Crippen LogP contribution in [0.1, 0.15) is 33.1 Å². The Morgan fingerprint density at radius 3 is 2.36 bits per heavy atom. The molecule has 0 saturated carbocycles. The molecule has 1 aliphatic rings. The number of amides is 2. The average Bonchev–Trinajstić information content (AvgIpc) is 3.40. The molecule has 33 heavy (non-hydrogen) atoms. The van der Waals surface area contributed by atoms with Crippen molar-refractivity contribution in [3.63, 3.8) is 0 Å². The molecule has 0 saturated heterocycles. The van der Waals surface area contributed by atoms with E-state index >= 15 is 0 Å². The van der Waals surface area contributed by atoms with Crippen LogP contribution in [-0.4, -0.2) is 40.7 Å². The molecule has 2 amide bonds. The van der Waals surface area contributed by atoms with Crippen molar-refractivity contribution in [2.75, 3.05) is 11.9 Å². The van der Waals surface area contributed by atoms with Crippen molar-refractivity contribution >= 4 is 34.4 Å². The number of carbonyl (C=O) groups is 3. The Morgan fingerprint density at radius 1 is 1.12 bits per heavy atom. The van der Waals surface area contributed by atoms with Gasteiger partial charge in [-0.05, 0) is 22.3 Å². The second-order valence-corrected chi connectivity index (χ2v) is 8.28. The van der Waals surface area contributed by atoms with Gasteiger partial charge in [-0.3, -0.25) is 10.1 Å². The van der Waals surface area contributed by atoms with Crippen molar-refractivity contribution in [2.24, 2.45) is 0 Å². The first kappa shape index (κ1) is 22.0. The molecule has 2 aromatic carbocycles. The van der Waals surface area contributed by atoms with Crippen molar-refractivity contribution in [1.82, 2.24) is 10.3 Å². The van der Waals surface area contributed by atoms with Crippen LogP contribution in [0.25, 0.3) is 11.1 Å². The summed E-state index contributed by atoms with van der Waals surface area (Å²) < 4.78 is 5.46. The van der Waals surface area contributed by atoms with Crippen LogP contribution in [-0.2, 0) is 9.53 Å². The second kappa shape index (κ2) is 9.54. The molecule has 1 unspecified atom stereocenters. The quantitative estimate of drug-likeness (QED) is 0.462. The largest absolute Gasteiger partial charge is 0.480 e. The van der Waals surface area contributed by atoms with E-state index in [0.717, 1.165) is 33.6 Å². The molecule has 166 valence electrons. The maximum absolute atomic E-state index is 12.4. The molecule has 1 aliphatic carbocycles. The van der Waals surface area contributed by atoms with Gasteiger partial charge in [0.1, 0.15) is 17.5 Å². The van der Waals surface area contributed by atoms with Crippen molar-refractivity contribution < 1.29 is 24.2 Å². The van der Waals surface area contributed by atoms with Gasteiger partial charge in [-0.25, -0.2) is 14.6 Å². The van der Waals surface area contributed by atoms with E-state index in [1.54, 1.807) is 0 Å². The normalized spacial score (nSPS) is 12.7. The first-order valence-corrected chi connectivity index (χ1v) is 10.8. The standard InChI is InChI=1S/C24H19N3O5S/c1-2-7-19(22(29)30)26-21(28)20-12-25-23(33-20)27-24(31)32-13-18-16-10-5-3-8-14(16)15-9-4-6-11-17(15)18/h1,3-6,8-12,18-19H,7,13H2,(H,26,28)(H,29,30)(H,25,27,31). The number of nitrogens with one attached hydrogen (secondary N) is 2. The number of hydrogen-bond acceptors (Lipinski definition) is 6. The number of nitrogens with zero attached hydrogens (tertiary/aromatic N) is 1. The van der Waals surface area contributed by atoms with Gasteiger partial charge in [-0.2, -0.15) is 0 Å². The molecule has 9 heteroatoms. The van der Waals surface area contributed by atoms with E-state index < -0.39 is 24.0 Å². The first-order valence-electron chi connectivity index (χ1n) is 10.0. The summed E-state index contributed by atoms with van der Waals surface area (Å²) in [6.45, 7) is 0.144. The molecule has 4 rings (SSSR count). The van der Waals surface area contributed by atoms with Crippen LogP contribution in [0.4, 0.5) is 9.93 Å². The van der Waals surface area contributed by atoms with E-state index in [1.807, 2.05) is 36.4 Å². The molecule has 0 radical (unpaired) electrons. The molecule has 0 fully saturated rings. The number of carboxylic acid groups (broad SMARTS) is 1. The van der Waals surface area contributed by atoms with Crippen molar-refractivity contribution in [1.29, 1.82) is 0 Å². The Morgan fingerprint density at radius 2 is 1.76 bits per heavy atom. The van der Waals surface area contributed by atoms with Crippen LogP contribution in [0.2, 0.25) is 0 Å². The molecule has 3 aromatic rings. The molecule has 0 aliphatic heterocycles. The highest BCUT2D eigenvalue weighted by molar-refractivity contribution is 7.17. The molecule has 0 bridgehead atoms. The zero-order valence-corrected chi connectivity index (χ0v) is 18.1. The van der Waals surface area contributed by atoms with Crippen molar-refractivity contribution in [2.45, 2.75) is 18.4 Å². The van der Waals surface area contributed by atoms with Gasteiger partial charge >= 0.3 is 12.1 Å². The number of benzene rings is 2. The zero-order valence-electron chi connectivity index (χ0n) is 17.3. The summed E-state index contributed by atoms with van der Waals surface area (Å²) in [7, 11) is 0. The van der Waals surface area contributed by atoms with E-state index in [1.165, 1.54) is 6.20 Å². The Hall–Kier alpha value is -4.16. The van der Waals surface area contributed by atoms with E-state index in [9.17, 15) is 14.4 Å². The molecule has 8 nitrogen and oxygen atoms in total. The minimum Gasteiger partial charge on any atom is -0.480 e. The van der Waals surface area contributed by atoms with Crippen LogP contribution in [0.5, 0.6) is 0 Å². The summed E-state index contributed by atoms with van der Waals surface area (Å²) in [5.74, 6) is 0.250. The lowest BCUT2D eigenvalue weighted by molar-refractivity contribution is -0.139. The highest BCUT2D eigenvalue weighted by Crippen LogP contribution is 2.44. The van der Waals surface area contributed by atoms with Crippen LogP contribution in [0.15, 0.2) is 54.7 Å².